The monoisotopic (exact) mass is 280 g/mol. The van der Waals surface area contributed by atoms with Crippen LogP contribution in [0.2, 0.25) is 0 Å². The smallest absolute Gasteiger partial charge is 0.0691 e. The van der Waals surface area contributed by atoms with Crippen molar-refractivity contribution in [2.45, 2.75) is 65.1 Å². The largest absolute Gasteiger partial charge is 0.377 e. The molecular formula is C17H32N2O. The summed E-state index contributed by atoms with van der Waals surface area (Å²) in [5, 5.41) is 0. The number of hydrogen-bond donors (Lipinski definition) is 1. The van der Waals surface area contributed by atoms with Gasteiger partial charge in [0.2, 0.25) is 0 Å². The normalized spacial score (nSPS) is 51.6. The maximum atomic E-state index is 6.93. The van der Waals surface area contributed by atoms with Gasteiger partial charge in [0.15, 0.2) is 0 Å². The van der Waals surface area contributed by atoms with E-state index in [1.165, 1.54) is 13.0 Å². The fraction of sp³-hybridized carbons (Fsp3) is 1.00. The second kappa shape index (κ2) is 4.69. The minimum absolute atomic E-state index is 0.0702. The molecule has 3 aliphatic rings. The van der Waals surface area contributed by atoms with Crippen LogP contribution in [0.1, 0.15) is 47.5 Å². The summed E-state index contributed by atoms with van der Waals surface area (Å²) in [6.07, 6.45) is 2.90. The predicted molar refractivity (Wildman–Crippen MR) is 82.5 cm³/mol. The average molecular weight is 280 g/mol. The summed E-state index contributed by atoms with van der Waals surface area (Å²) in [5.74, 6) is 2.14. The molecule has 0 amide bonds. The van der Waals surface area contributed by atoms with Gasteiger partial charge in [0, 0.05) is 42.6 Å². The number of fused-ring (bicyclic) bond motifs is 1. The standard InChI is InChI=1S/C17H32N2O/c1-11-8-12(2)13(3)19(9-11)10-17(18)14-6-7-20-15(14)16(17,4)5/h11-15H,6-10,18H2,1-5H3. The number of piperidine rings is 1. The van der Waals surface area contributed by atoms with E-state index in [0.29, 0.717) is 18.1 Å². The zero-order chi connectivity index (χ0) is 14.7. The lowest BCUT2D eigenvalue weighted by Crippen LogP contribution is -2.78. The lowest BCUT2D eigenvalue weighted by molar-refractivity contribution is -0.168. The zero-order valence-corrected chi connectivity index (χ0v) is 13.9. The Labute approximate surface area is 124 Å². The third-order valence-corrected chi connectivity index (χ3v) is 6.85. The first-order valence-electron chi connectivity index (χ1n) is 8.42. The molecule has 0 spiro atoms. The Morgan fingerprint density at radius 3 is 2.65 bits per heavy atom. The van der Waals surface area contributed by atoms with Crippen LogP contribution >= 0.6 is 0 Å². The molecule has 20 heavy (non-hydrogen) atoms. The Morgan fingerprint density at radius 2 is 1.95 bits per heavy atom. The van der Waals surface area contributed by atoms with Gasteiger partial charge in [-0.05, 0) is 31.6 Å². The van der Waals surface area contributed by atoms with E-state index in [4.69, 9.17) is 10.5 Å². The molecule has 1 saturated carbocycles. The van der Waals surface area contributed by atoms with Crippen molar-refractivity contribution in [3.05, 3.63) is 0 Å². The maximum Gasteiger partial charge on any atom is 0.0691 e. The highest BCUT2D eigenvalue weighted by molar-refractivity contribution is 5.22. The minimum atomic E-state index is -0.0702. The Balaban J connectivity index is 1.76. The topological polar surface area (TPSA) is 38.5 Å². The molecule has 3 nitrogen and oxygen atoms in total. The fourth-order valence-electron chi connectivity index (χ4n) is 5.17. The summed E-state index contributed by atoms with van der Waals surface area (Å²) in [5.41, 5.74) is 6.97. The van der Waals surface area contributed by atoms with Crippen molar-refractivity contribution in [2.24, 2.45) is 28.9 Å². The van der Waals surface area contributed by atoms with Gasteiger partial charge in [0.1, 0.15) is 0 Å². The van der Waals surface area contributed by atoms with Crippen molar-refractivity contribution in [3.8, 4) is 0 Å². The number of ether oxygens (including phenoxy) is 1. The maximum absolute atomic E-state index is 6.93. The molecule has 0 radical (unpaired) electrons. The highest BCUT2D eigenvalue weighted by Crippen LogP contribution is 2.58. The van der Waals surface area contributed by atoms with E-state index in [2.05, 4.69) is 39.5 Å². The third-order valence-electron chi connectivity index (χ3n) is 6.85. The quantitative estimate of drug-likeness (QED) is 0.844. The van der Waals surface area contributed by atoms with E-state index >= 15 is 0 Å². The first kappa shape index (κ1) is 14.8. The summed E-state index contributed by atoms with van der Waals surface area (Å²) in [6, 6.07) is 0.656. The van der Waals surface area contributed by atoms with E-state index in [-0.39, 0.29) is 11.0 Å². The van der Waals surface area contributed by atoms with Crippen LogP contribution in [0.4, 0.5) is 0 Å². The van der Waals surface area contributed by atoms with E-state index in [9.17, 15) is 0 Å². The van der Waals surface area contributed by atoms with Crippen LogP contribution < -0.4 is 5.73 Å². The number of likely N-dealkylation sites (tertiary alicyclic amines) is 1. The Hall–Kier alpha value is -0.120. The van der Waals surface area contributed by atoms with Gasteiger partial charge in [-0.25, -0.2) is 0 Å². The van der Waals surface area contributed by atoms with Crippen LogP contribution in [0, 0.1) is 23.2 Å². The molecule has 0 aromatic heterocycles. The lowest BCUT2D eigenvalue weighted by atomic mass is 9.48. The molecule has 0 aromatic rings. The SMILES string of the molecule is CC1CC(C)C(C)N(CC2(N)C3CCOC3C2(C)C)C1. The molecule has 2 heterocycles. The zero-order valence-electron chi connectivity index (χ0n) is 13.9. The number of nitrogens with zero attached hydrogens (tertiary/aromatic N) is 1. The van der Waals surface area contributed by atoms with Crippen LogP contribution in [-0.4, -0.2) is 42.3 Å². The second-order valence-electron chi connectivity index (χ2n) is 8.44. The van der Waals surface area contributed by atoms with Crippen LogP contribution in [0.25, 0.3) is 0 Å². The molecule has 2 N–H and O–H groups in total. The van der Waals surface area contributed by atoms with E-state index < -0.39 is 0 Å². The van der Waals surface area contributed by atoms with Crippen molar-refractivity contribution >= 4 is 0 Å². The van der Waals surface area contributed by atoms with Crippen molar-refractivity contribution in [2.75, 3.05) is 19.7 Å². The van der Waals surface area contributed by atoms with Gasteiger partial charge in [-0.2, -0.15) is 0 Å². The van der Waals surface area contributed by atoms with Gasteiger partial charge < -0.3 is 10.5 Å². The van der Waals surface area contributed by atoms with Gasteiger partial charge >= 0.3 is 0 Å². The third kappa shape index (κ3) is 1.89. The second-order valence-corrected chi connectivity index (χ2v) is 8.44. The molecule has 2 aliphatic heterocycles. The Kier molecular flexibility index (Phi) is 3.47. The first-order chi connectivity index (χ1) is 9.27. The molecule has 0 bridgehead atoms. The molecule has 3 heteroatoms. The molecule has 3 rings (SSSR count). The molecular weight excluding hydrogens is 248 g/mol. The Bertz CT molecular complexity index is 383. The molecule has 2 saturated heterocycles. The first-order valence-corrected chi connectivity index (χ1v) is 8.42. The van der Waals surface area contributed by atoms with Gasteiger partial charge in [-0.3, -0.25) is 4.90 Å². The minimum Gasteiger partial charge on any atom is -0.377 e. The van der Waals surface area contributed by atoms with Crippen LogP contribution in [0.3, 0.4) is 0 Å². The van der Waals surface area contributed by atoms with Gasteiger partial charge in [-0.1, -0.05) is 27.7 Å². The van der Waals surface area contributed by atoms with E-state index in [1.54, 1.807) is 0 Å². The van der Waals surface area contributed by atoms with Gasteiger partial charge in [-0.15, -0.1) is 0 Å². The number of hydrogen-bond acceptors (Lipinski definition) is 3. The molecule has 116 valence electrons. The number of nitrogens with two attached hydrogens (primary N) is 1. The summed E-state index contributed by atoms with van der Waals surface area (Å²) in [4.78, 5) is 2.66. The molecule has 6 atom stereocenters. The van der Waals surface area contributed by atoms with Crippen LogP contribution in [-0.2, 0) is 4.74 Å². The number of rotatable bonds is 2. The molecule has 3 fully saturated rings. The van der Waals surface area contributed by atoms with Gasteiger partial charge in [0.05, 0.1) is 6.10 Å². The molecule has 1 aliphatic carbocycles. The van der Waals surface area contributed by atoms with E-state index in [1.807, 2.05) is 0 Å². The highest BCUT2D eigenvalue weighted by atomic mass is 16.5. The lowest BCUT2D eigenvalue weighted by Gasteiger charge is -2.64. The molecule has 0 aromatic carbocycles. The fourth-order valence-corrected chi connectivity index (χ4v) is 5.17. The summed E-state index contributed by atoms with van der Waals surface area (Å²) in [7, 11) is 0. The van der Waals surface area contributed by atoms with Crippen molar-refractivity contribution < 1.29 is 4.74 Å². The molecule has 6 unspecified atom stereocenters. The Morgan fingerprint density at radius 1 is 1.25 bits per heavy atom. The summed E-state index contributed by atoms with van der Waals surface area (Å²) < 4.78 is 5.92. The van der Waals surface area contributed by atoms with Crippen LogP contribution in [0.15, 0.2) is 0 Å². The van der Waals surface area contributed by atoms with Gasteiger partial charge in [0.25, 0.3) is 0 Å². The predicted octanol–water partition coefficient (Wildman–Crippen LogP) is 2.50. The highest BCUT2D eigenvalue weighted by Gasteiger charge is 2.67. The van der Waals surface area contributed by atoms with Crippen molar-refractivity contribution in [1.29, 1.82) is 0 Å². The van der Waals surface area contributed by atoms with E-state index in [0.717, 1.165) is 31.4 Å². The van der Waals surface area contributed by atoms with Crippen LogP contribution in [0.5, 0.6) is 0 Å². The summed E-state index contributed by atoms with van der Waals surface area (Å²) >= 11 is 0. The van der Waals surface area contributed by atoms with Crippen molar-refractivity contribution in [3.63, 3.8) is 0 Å². The average Bonchev–Trinajstić information content (AvgIpc) is 2.83. The van der Waals surface area contributed by atoms with Crippen molar-refractivity contribution in [1.82, 2.24) is 4.90 Å². The summed E-state index contributed by atoms with van der Waals surface area (Å²) in [6.45, 7) is 14.9.